The fourth-order valence-corrected chi connectivity index (χ4v) is 1.36. The number of unbranched alkanes of at least 4 members (excludes halogenated alkanes) is 1. The Morgan fingerprint density at radius 1 is 1.25 bits per heavy atom. The first kappa shape index (κ1) is 13.9. The molecule has 4 nitrogen and oxygen atoms in total. The molecule has 0 saturated carbocycles. The average Bonchev–Trinajstić information content (AvgIpc) is 2.24. The predicted octanol–water partition coefficient (Wildman–Crippen LogP) is 1.62. The molecule has 0 bridgehead atoms. The number of hydrogen-bond acceptors (Lipinski definition) is 4. The van der Waals surface area contributed by atoms with Crippen LogP contribution in [-0.2, 0) is 18.9 Å². The van der Waals surface area contributed by atoms with Crippen molar-refractivity contribution in [1.29, 1.82) is 0 Å². The van der Waals surface area contributed by atoms with E-state index in [0.717, 1.165) is 45.7 Å². The van der Waals surface area contributed by atoms with Gasteiger partial charge < -0.3 is 18.9 Å². The lowest BCUT2D eigenvalue weighted by Gasteiger charge is -2.25. The quantitative estimate of drug-likeness (QED) is 0.536. The average molecular weight is 232 g/mol. The summed E-state index contributed by atoms with van der Waals surface area (Å²) in [5, 5.41) is 0. The minimum absolute atomic E-state index is 0.187. The van der Waals surface area contributed by atoms with E-state index in [1.165, 1.54) is 0 Å². The number of rotatable bonds is 10. The van der Waals surface area contributed by atoms with Gasteiger partial charge in [0.1, 0.15) is 0 Å². The van der Waals surface area contributed by atoms with Gasteiger partial charge in [0.15, 0.2) is 0 Å². The van der Waals surface area contributed by atoms with Crippen molar-refractivity contribution in [2.75, 3.05) is 40.1 Å². The highest BCUT2D eigenvalue weighted by Crippen LogP contribution is 2.10. The van der Waals surface area contributed by atoms with E-state index in [0.29, 0.717) is 12.7 Å². The minimum Gasteiger partial charge on any atom is -0.379 e. The van der Waals surface area contributed by atoms with Crippen molar-refractivity contribution in [3.8, 4) is 0 Å². The van der Waals surface area contributed by atoms with Crippen LogP contribution in [0.1, 0.15) is 26.2 Å². The van der Waals surface area contributed by atoms with Gasteiger partial charge in [0, 0.05) is 26.9 Å². The van der Waals surface area contributed by atoms with E-state index >= 15 is 0 Å². The van der Waals surface area contributed by atoms with E-state index in [4.69, 9.17) is 18.9 Å². The first-order valence-corrected chi connectivity index (χ1v) is 6.13. The van der Waals surface area contributed by atoms with Crippen LogP contribution >= 0.6 is 0 Å². The summed E-state index contributed by atoms with van der Waals surface area (Å²) in [6.45, 7) is 5.93. The zero-order valence-corrected chi connectivity index (χ0v) is 10.4. The summed E-state index contributed by atoms with van der Waals surface area (Å²) >= 11 is 0. The first-order valence-electron chi connectivity index (χ1n) is 6.13. The van der Waals surface area contributed by atoms with Gasteiger partial charge >= 0.3 is 0 Å². The maximum atomic E-state index is 5.48. The molecule has 96 valence electrons. The molecule has 0 aromatic rings. The fraction of sp³-hybridized carbons (Fsp3) is 1.00. The van der Waals surface area contributed by atoms with E-state index in [2.05, 4.69) is 0 Å². The molecule has 1 fully saturated rings. The summed E-state index contributed by atoms with van der Waals surface area (Å²) < 4.78 is 21.2. The lowest BCUT2D eigenvalue weighted by Crippen LogP contribution is -2.31. The van der Waals surface area contributed by atoms with Crippen molar-refractivity contribution in [1.82, 2.24) is 0 Å². The molecule has 2 atom stereocenters. The van der Waals surface area contributed by atoms with Crippen LogP contribution in [0.5, 0.6) is 0 Å². The lowest BCUT2D eigenvalue weighted by molar-refractivity contribution is -0.0942. The van der Waals surface area contributed by atoms with E-state index in [1.807, 2.05) is 6.92 Å². The summed E-state index contributed by atoms with van der Waals surface area (Å²) in [5.74, 6) is 0. The molecule has 1 aliphatic rings. The fourth-order valence-electron chi connectivity index (χ4n) is 1.36. The third-order valence-electron chi connectivity index (χ3n) is 2.68. The number of hydrogen-bond donors (Lipinski definition) is 0. The second-order valence-corrected chi connectivity index (χ2v) is 4.18. The molecular weight excluding hydrogens is 208 g/mol. The van der Waals surface area contributed by atoms with Gasteiger partial charge in [-0.2, -0.15) is 0 Å². The SMILES string of the molecule is COC(C)COCCCCOCC1CCO1. The highest BCUT2D eigenvalue weighted by Gasteiger charge is 2.17. The Kier molecular flexibility index (Phi) is 7.76. The van der Waals surface area contributed by atoms with Crippen molar-refractivity contribution < 1.29 is 18.9 Å². The van der Waals surface area contributed by atoms with Gasteiger partial charge in [-0.3, -0.25) is 0 Å². The summed E-state index contributed by atoms with van der Waals surface area (Å²) in [5.41, 5.74) is 0. The molecule has 0 aromatic carbocycles. The Balaban J connectivity index is 1.71. The van der Waals surface area contributed by atoms with Crippen molar-refractivity contribution in [3.05, 3.63) is 0 Å². The molecule has 0 radical (unpaired) electrons. The standard InChI is InChI=1S/C12H24O4/c1-11(13-2)9-14-6-3-4-7-15-10-12-5-8-16-12/h11-12H,3-10H2,1-2H3. The van der Waals surface area contributed by atoms with Gasteiger partial charge in [-0.05, 0) is 26.2 Å². The van der Waals surface area contributed by atoms with Crippen molar-refractivity contribution in [3.63, 3.8) is 0 Å². The molecule has 4 heteroatoms. The summed E-state index contributed by atoms with van der Waals surface area (Å²) in [7, 11) is 1.70. The zero-order valence-electron chi connectivity index (χ0n) is 10.4. The van der Waals surface area contributed by atoms with E-state index < -0.39 is 0 Å². The van der Waals surface area contributed by atoms with E-state index in [-0.39, 0.29) is 6.10 Å². The van der Waals surface area contributed by atoms with Gasteiger partial charge in [0.25, 0.3) is 0 Å². The Morgan fingerprint density at radius 2 is 1.94 bits per heavy atom. The molecule has 0 aromatic heterocycles. The van der Waals surface area contributed by atoms with Crippen molar-refractivity contribution >= 4 is 0 Å². The highest BCUT2D eigenvalue weighted by atomic mass is 16.5. The maximum Gasteiger partial charge on any atom is 0.0830 e. The second kappa shape index (κ2) is 8.93. The molecule has 0 amide bonds. The maximum absolute atomic E-state index is 5.48. The molecule has 16 heavy (non-hydrogen) atoms. The largest absolute Gasteiger partial charge is 0.379 e. The third-order valence-corrected chi connectivity index (χ3v) is 2.68. The number of methoxy groups -OCH3 is 1. The Hall–Kier alpha value is -0.160. The number of ether oxygens (including phenoxy) is 4. The molecule has 1 aliphatic heterocycles. The molecule has 1 heterocycles. The summed E-state index contributed by atoms with van der Waals surface area (Å²) in [6.07, 6.45) is 3.79. The van der Waals surface area contributed by atoms with Gasteiger partial charge in [-0.25, -0.2) is 0 Å². The van der Waals surface area contributed by atoms with Crippen molar-refractivity contribution in [2.45, 2.75) is 38.4 Å². The molecule has 0 spiro atoms. The normalized spacial score (nSPS) is 21.8. The molecular formula is C12H24O4. The Bertz CT molecular complexity index is 148. The van der Waals surface area contributed by atoms with Crippen LogP contribution in [0.25, 0.3) is 0 Å². The molecule has 1 rings (SSSR count). The van der Waals surface area contributed by atoms with Crippen LogP contribution < -0.4 is 0 Å². The van der Waals surface area contributed by atoms with Crippen LogP contribution in [0, 0.1) is 0 Å². The first-order chi connectivity index (χ1) is 7.83. The third kappa shape index (κ3) is 6.43. The summed E-state index contributed by atoms with van der Waals surface area (Å²) in [6, 6.07) is 0. The topological polar surface area (TPSA) is 36.9 Å². The van der Waals surface area contributed by atoms with Gasteiger partial charge in [-0.1, -0.05) is 0 Å². The van der Waals surface area contributed by atoms with E-state index in [9.17, 15) is 0 Å². The Labute approximate surface area is 98.2 Å². The monoisotopic (exact) mass is 232 g/mol. The smallest absolute Gasteiger partial charge is 0.0830 e. The van der Waals surface area contributed by atoms with Gasteiger partial charge in [-0.15, -0.1) is 0 Å². The van der Waals surface area contributed by atoms with Crippen LogP contribution in [0.4, 0.5) is 0 Å². The molecule has 1 saturated heterocycles. The minimum atomic E-state index is 0.187. The van der Waals surface area contributed by atoms with E-state index in [1.54, 1.807) is 7.11 Å². The molecule has 0 N–H and O–H groups in total. The molecule has 2 unspecified atom stereocenters. The van der Waals surface area contributed by atoms with Crippen LogP contribution in [0.3, 0.4) is 0 Å². The van der Waals surface area contributed by atoms with Gasteiger partial charge in [0.05, 0.1) is 25.4 Å². The predicted molar refractivity (Wildman–Crippen MR) is 61.7 cm³/mol. The lowest BCUT2D eigenvalue weighted by atomic mass is 10.2. The zero-order chi connectivity index (χ0) is 11.6. The Morgan fingerprint density at radius 3 is 2.50 bits per heavy atom. The van der Waals surface area contributed by atoms with Gasteiger partial charge in [0.2, 0.25) is 0 Å². The second-order valence-electron chi connectivity index (χ2n) is 4.18. The highest BCUT2D eigenvalue weighted by molar-refractivity contribution is 4.64. The molecule has 0 aliphatic carbocycles. The van der Waals surface area contributed by atoms with Crippen molar-refractivity contribution in [2.24, 2.45) is 0 Å². The van der Waals surface area contributed by atoms with Crippen LogP contribution in [-0.4, -0.2) is 52.4 Å². The van der Waals surface area contributed by atoms with Crippen LogP contribution in [0.15, 0.2) is 0 Å². The summed E-state index contributed by atoms with van der Waals surface area (Å²) in [4.78, 5) is 0. The van der Waals surface area contributed by atoms with Crippen LogP contribution in [0.2, 0.25) is 0 Å².